The third kappa shape index (κ3) is 5.49. The van der Waals surface area contributed by atoms with Crippen molar-refractivity contribution in [2.24, 2.45) is 4.99 Å². The topological polar surface area (TPSA) is 55.5 Å². The molecule has 0 amide bonds. The highest BCUT2D eigenvalue weighted by molar-refractivity contribution is 8.13. The molecule has 0 heterocycles. The number of thioether (sulfide) groups is 1. The molecule has 0 aromatic rings. The van der Waals surface area contributed by atoms with Gasteiger partial charge in [0, 0.05) is 4.92 Å². The zero-order chi connectivity index (χ0) is 11.8. The Morgan fingerprint density at radius 1 is 1.31 bits per heavy atom. The van der Waals surface area contributed by atoms with E-state index < -0.39 is 0 Å². The lowest BCUT2D eigenvalue weighted by Gasteiger charge is -2.16. The molecular formula is C11H20N2O2S. The predicted octanol–water partition coefficient (Wildman–Crippen LogP) is 3.14. The van der Waals surface area contributed by atoms with Crippen LogP contribution in [-0.4, -0.2) is 28.8 Å². The molecular weight excluding hydrogens is 224 g/mol. The van der Waals surface area contributed by atoms with Gasteiger partial charge < -0.3 is 0 Å². The summed E-state index contributed by atoms with van der Waals surface area (Å²) in [6.45, 7) is -0.113. The summed E-state index contributed by atoms with van der Waals surface area (Å²) >= 11 is 1.41. The number of nitro groups is 1. The molecule has 0 aliphatic heterocycles. The van der Waals surface area contributed by atoms with E-state index in [9.17, 15) is 10.1 Å². The maximum atomic E-state index is 10.4. The quantitative estimate of drug-likeness (QED) is 0.332. The van der Waals surface area contributed by atoms with Crippen LogP contribution in [0.2, 0.25) is 0 Å². The molecule has 1 aliphatic rings. The Bertz CT molecular complexity index is 248. The van der Waals surface area contributed by atoms with Gasteiger partial charge in [-0.25, -0.2) is 0 Å². The van der Waals surface area contributed by atoms with Crippen LogP contribution in [0.1, 0.15) is 44.9 Å². The van der Waals surface area contributed by atoms with Gasteiger partial charge >= 0.3 is 0 Å². The molecule has 0 atom stereocenters. The minimum atomic E-state index is -0.293. The summed E-state index contributed by atoms with van der Waals surface area (Å²) < 4.78 is 0. The van der Waals surface area contributed by atoms with Crippen LogP contribution < -0.4 is 0 Å². The molecule has 1 aliphatic carbocycles. The van der Waals surface area contributed by atoms with Gasteiger partial charge in [-0.15, -0.1) is 11.8 Å². The summed E-state index contributed by atoms with van der Waals surface area (Å²) in [6.07, 6.45) is 10.4. The molecule has 1 fully saturated rings. The van der Waals surface area contributed by atoms with E-state index in [1.807, 2.05) is 6.26 Å². The van der Waals surface area contributed by atoms with Crippen LogP contribution >= 0.6 is 11.8 Å². The van der Waals surface area contributed by atoms with Crippen LogP contribution in [0.5, 0.6) is 0 Å². The first-order valence-corrected chi connectivity index (χ1v) is 7.17. The van der Waals surface area contributed by atoms with Crippen molar-refractivity contribution in [1.29, 1.82) is 0 Å². The lowest BCUT2D eigenvalue weighted by atomic mass is 9.97. The Labute approximate surface area is 101 Å². The molecule has 16 heavy (non-hydrogen) atoms. The van der Waals surface area contributed by atoms with Crippen LogP contribution in [0, 0.1) is 10.1 Å². The third-order valence-corrected chi connectivity index (χ3v) is 3.61. The minimum Gasteiger partial charge on any atom is -0.273 e. The highest BCUT2D eigenvalue weighted by Crippen LogP contribution is 2.20. The van der Waals surface area contributed by atoms with E-state index in [0.717, 1.165) is 12.8 Å². The fourth-order valence-electron chi connectivity index (χ4n) is 2.04. The van der Waals surface area contributed by atoms with Crippen molar-refractivity contribution in [2.45, 2.75) is 51.0 Å². The maximum Gasteiger partial charge on any atom is 0.250 e. The lowest BCUT2D eigenvalue weighted by molar-refractivity contribution is -0.462. The van der Waals surface area contributed by atoms with Crippen molar-refractivity contribution < 1.29 is 4.92 Å². The summed E-state index contributed by atoms with van der Waals surface area (Å²) in [5, 5.41) is 11.1. The Morgan fingerprint density at radius 3 is 2.38 bits per heavy atom. The Kier molecular flexibility index (Phi) is 6.45. The van der Waals surface area contributed by atoms with Gasteiger partial charge in [0.2, 0.25) is 0 Å². The van der Waals surface area contributed by atoms with Gasteiger partial charge in [0.25, 0.3) is 6.54 Å². The van der Waals surface area contributed by atoms with E-state index >= 15 is 0 Å². The highest BCUT2D eigenvalue weighted by atomic mass is 32.2. The summed E-state index contributed by atoms with van der Waals surface area (Å²) in [6, 6.07) is 0.322. The zero-order valence-corrected chi connectivity index (χ0v) is 10.7. The van der Waals surface area contributed by atoms with Gasteiger partial charge in [0.1, 0.15) is 5.04 Å². The van der Waals surface area contributed by atoms with E-state index in [0.29, 0.717) is 11.1 Å². The van der Waals surface area contributed by atoms with Crippen LogP contribution in [0.25, 0.3) is 0 Å². The fourth-order valence-corrected chi connectivity index (χ4v) is 2.52. The monoisotopic (exact) mass is 244 g/mol. The minimum absolute atomic E-state index is 0.113. The first kappa shape index (κ1) is 13.5. The summed E-state index contributed by atoms with van der Waals surface area (Å²) in [5.41, 5.74) is 0. The molecule has 0 N–H and O–H groups in total. The van der Waals surface area contributed by atoms with Crippen molar-refractivity contribution in [1.82, 2.24) is 0 Å². The van der Waals surface area contributed by atoms with Gasteiger partial charge in [-0.05, 0) is 19.1 Å². The first-order chi connectivity index (χ1) is 7.72. The normalized spacial score (nSPS) is 20.2. The number of rotatable bonds is 3. The highest BCUT2D eigenvalue weighted by Gasteiger charge is 2.13. The van der Waals surface area contributed by atoms with Crippen LogP contribution in [0.15, 0.2) is 4.99 Å². The smallest absolute Gasteiger partial charge is 0.250 e. The third-order valence-electron chi connectivity index (χ3n) is 2.90. The molecule has 0 saturated heterocycles. The Hall–Kier alpha value is -0.580. The van der Waals surface area contributed by atoms with E-state index in [1.54, 1.807) is 0 Å². The van der Waals surface area contributed by atoms with Crippen molar-refractivity contribution in [3.05, 3.63) is 10.1 Å². The molecule has 1 saturated carbocycles. The van der Waals surface area contributed by atoms with Gasteiger partial charge in [0.05, 0.1) is 6.04 Å². The summed E-state index contributed by atoms with van der Waals surface area (Å²) in [7, 11) is 0. The largest absolute Gasteiger partial charge is 0.273 e. The van der Waals surface area contributed by atoms with Crippen molar-refractivity contribution in [3.63, 3.8) is 0 Å². The second kappa shape index (κ2) is 7.65. The van der Waals surface area contributed by atoms with E-state index in [1.165, 1.54) is 43.9 Å². The number of hydrogen-bond donors (Lipinski definition) is 0. The van der Waals surface area contributed by atoms with E-state index in [2.05, 4.69) is 4.99 Å². The summed E-state index contributed by atoms with van der Waals surface area (Å²) in [5.74, 6) is 0. The second-order valence-electron chi connectivity index (χ2n) is 4.22. The summed E-state index contributed by atoms with van der Waals surface area (Å²) in [4.78, 5) is 14.7. The van der Waals surface area contributed by atoms with Crippen molar-refractivity contribution >= 4 is 16.8 Å². The molecule has 0 aromatic carbocycles. The Balaban J connectivity index is 2.51. The molecule has 0 aromatic heterocycles. The molecule has 92 valence electrons. The standard InChI is InChI=1S/C11H20N2O2S/c1-16-11(9-13(14)15)12-10-7-5-3-2-4-6-8-10/h10H,2-9H2,1H3. The lowest BCUT2D eigenvalue weighted by Crippen LogP contribution is -2.15. The van der Waals surface area contributed by atoms with Crippen molar-refractivity contribution in [2.75, 3.05) is 12.8 Å². The number of aliphatic imine (C=N–C) groups is 1. The van der Waals surface area contributed by atoms with Gasteiger partial charge in [0.15, 0.2) is 0 Å². The van der Waals surface area contributed by atoms with Crippen molar-refractivity contribution in [3.8, 4) is 0 Å². The molecule has 0 radical (unpaired) electrons. The van der Waals surface area contributed by atoms with E-state index in [4.69, 9.17) is 0 Å². The van der Waals surface area contributed by atoms with Gasteiger partial charge in [-0.2, -0.15) is 0 Å². The van der Waals surface area contributed by atoms with E-state index in [-0.39, 0.29) is 11.5 Å². The SMILES string of the molecule is CSC(C[N+](=O)[O-])=NC1CCCCCCC1. The fraction of sp³-hybridized carbons (Fsp3) is 0.909. The molecule has 0 bridgehead atoms. The number of hydrogen-bond acceptors (Lipinski definition) is 4. The number of nitrogens with zero attached hydrogens (tertiary/aromatic N) is 2. The van der Waals surface area contributed by atoms with Crippen LogP contribution in [0.3, 0.4) is 0 Å². The average molecular weight is 244 g/mol. The van der Waals surface area contributed by atoms with Gasteiger partial charge in [-0.3, -0.25) is 15.1 Å². The maximum absolute atomic E-state index is 10.4. The molecule has 5 heteroatoms. The Morgan fingerprint density at radius 2 is 1.88 bits per heavy atom. The molecule has 0 unspecified atom stereocenters. The molecule has 1 rings (SSSR count). The first-order valence-electron chi connectivity index (χ1n) is 5.95. The van der Waals surface area contributed by atoms with Crippen LogP contribution in [0.4, 0.5) is 0 Å². The second-order valence-corrected chi connectivity index (χ2v) is 5.10. The molecule has 0 spiro atoms. The van der Waals surface area contributed by atoms with Crippen LogP contribution in [-0.2, 0) is 0 Å². The average Bonchev–Trinajstić information content (AvgIpc) is 2.19. The predicted molar refractivity (Wildman–Crippen MR) is 68.9 cm³/mol. The zero-order valence-electron chi connectivity index (χ0n) is 9.85. The van der Waals surface area contributed by atoms with Gasteiger partial charge in [-0.1, -0.05) is 32.1 Å². The molecule has 4 nitrogen and oxygen atoms in total.